The van der Waals surface area contributed by atoms with Crippen molar-refractivity contribution in [2.75, 3.05) is 0 Å². The number of hydrogen-bond donors (Lipinski definition) is 0. The van der Waals surface area contributed by atoms with Gasteiger partial charge in [0.2, 0.25) is 0 Å². The first-order chi connectivity index (χ1) is 11.7. The molecule has 130 valence electrons. The van der Waals surface area contributed by atoms with Gasteiger partial charge in [-0.15, -0.1) is 0 Å². The highest BCUT2D eigenvalue weighted by Gasteiger charge is 2.20. The molecule has 0 aliphatic rings. The molecule has 0 saturated heterocycles. The number of esters is 1. The number of nitrogens with zero attached hydrogens (tertiary/aromatic N) is 1. The Hall–Kier alpha value is -2.85. The Bertz CT molecular complexity index is 927. The van der Waals surface area contributed by atoms with Crippen LogP contribution in [0.3, 0.4) is 0 Å². The quantitative estimate of drug-likeness (QED) is 0.601. The summed E-state index contributed by atoms with van der Waals surface area (Å²) in [7, 11) is -3.98. The molecular weight excluding hydrogens is 342 g/mol. The molecule has 0 saturated carbocycles. The van der Waals surface area contributed by atoms with E-state index in [9.17, 15) is 13.2 Å². The van der Waals surface area contributed by atoms with Crippen LogP contribution in [0.4, 0.5) is 0 Å². The first-order valence-electron chi connectivity index (χ1n) is 7.45. The molecule has 2 aromatic carbocycles. The Balaban J connectivity index is 2.19. The van der Waals surface area contributed by atoms with E-state index < -0.39 is 22.2 Å². The van der Waals surface area contributed by atoms with Gasteiger partial charge in [-0.05, 0) is 62.2 Å². The smallest absolute Gasteiger partial charge is 0.339 e. The Labute approximate surface area is 146 Å². The van der Waals surface area contributed by atoms with E-state index in [1.165, 1.54) is 31.2 Å². The highest BCUT2D eigenvalue weighted by molar-refractivity contribution is 7.87. The lowest BCUT2D eigenvalue weighted by atomic mass is 10.2. The fraction of sp³-hybridized carbons (Fsp3) is 0.222. The summed E-state index contributed by atoms with van der Waals surface area (Å²) in [6.07, 6.45) is -0.868. The molecule has 6 nitrogen and oxygen atoms in total. The minimum Gasteiger partial charge on any atom is -0.444 e. The summed E-state index contributed by atoms with van der Waals surface area (Å²) in [5, 5.41) is 8.64. The van der Waals surface area contributed by atoms with Crippen LogP contribution in [0.25, 0.3) is 0 Å². The van der Waals surface area contributed by atoms with Crippen LogP contribution in [0.2, 0.25) is 0 Å². The second kappa shape index (κ2) is 7.36. The SMILES string of the molecule is Cc1ccc(C)c(S(=O)(=O)Oc2ccc(C(=O)O[C@@H](C)C#N)cc2)c1. The van der Waals surface area contributed by atoms with Crippen molar-refractivity contribution in [3.8, 4) is 11.8 Å². The summed E-state index contributed by atoms with van der Waals surface area (Å²) in [4.78, 5) is 11.9. The van der Waals surface area contributed by atoms with Gasteiger partial charge in [-0.25, -0.2) is 4.79 Å². The number of ether oxygens (including phenoxy) is 1. The molecule has 0 N–H and O–H groups in total. The highest BCUT2D eigenvalue weighted by Crippen LogP contribution is 2.23. The molecule has 0 bridgehead atoms. The van der Waals surface area contributed by atoms with Crippen molar-refractivity contribution in [3.05, 3.63) is 59.2 Å². The number of hydrogen-bond acceptors (Lipinski definition) is 6. The van der Waals surface area contributed by atoms with Gasteiger partial charge in [0.15, 0.2) is 6.10 Å². The average Bonchev–Trinajstić information content (AvgIpc) is 2.57. The largest absolute Gasteiger partial charge is 0.444 e. The van der Waals surface area contributed by atoms with Gasteiger partial charge in [0, 0.05) is 0 Å². The van der Waals surface area contributed by atoms with Gasteiger partial charge < -0.3 is 8.92 Å². The van der Waals surface area contributed by atoms with E-state index in [-0.39, 0.29) is 16.2 Å². The minimum atomic E-state index is -3.98. The second-order valence-corrected chi connectivity index (χ2v) is 7.02. The number of benzene rings is 2. The van der Waals surface area contributed by atoms with E-state index in [4.69, 9.17) is 14.2 Å². The summed E-state index contributed by atoms with van der Waals surface area (Å²) in [6, 6.07) is 12.3. The molecule has 0 heterocycles. The van der Waals surface area contributed by atoms with E-state index in [2.05, 4.69) is 0 Å². The zero-order valence-electron chi connectivity index (χ0n) is 14.0. The van der Waals surface area contributed by atoms with Gasteiger partial charge in [-0.2, -0.15) is 13.7 Å². The highest BCUT2D eigenvalue weighted by atomic mass is 32.2. The van der Waals surface area contributed by atoms with Crippen molar-refractivity contribution in [2.24, 2.45) is 0 Å². The molecule has 0 amide bonds. The number of carbonyl (C=O) groups is 1. The molecule has 0 unspecified atom stereocenters. The third-order valence-corrected chi connectivity index (χ3v) is 4.76. The Kier molecular flexibility index (Phi) is 5.45. The number of carbonyl (C=O) groups excluding carboxylic acids is 1. The lowest BCUT2D eigenvalue weighted by Crippen LogP contribution is -2.13. The van der Waals surface area contributed by atoms with Gasteiger partial charge >= 0.3 is 16.1 Å². The molecule has 0 spiro atoms. The molecule has 25 heavy (non-hydrogen) atoms. The predicted octanol–water partition coefficient (Wildman–Crippen LogP) is 3.14. The van der Waals surface area contributed by atoms with E-state index in [1.807, 2.05) is 6.07 Å². The van der Waals surface area contributed by atoms with Crippen molar-refractivity contribution in [3.63, 3.8) is 0 Å². The van der Waals surface area contributed by atoms with Crippen LogP contribution in [0.15, 0.2) is 47.4 Å². The Morgan fingerprint density at radius 3 is 2.36 bits per heavy atom. The van der Waals surface area contributed by atoms with E-state index in [0.29, 0.717) is 5.56 Å². The zero-order valence-corrected chi connectivity index (χ0v) is 14.8. The summed E-state index contributed by atoms with van der Waals surface area (Å²) >= 11 is 0. The molecule has 0 aromatic heterocycles. The maximum absolute atomic E-state index is 12.4. The Morgan fingerprint density at radius 1 is 1.12 bits per heavy atom. The van der Waals surface area contributed by atoms with Crippen molar-refractivity contribution < 1.29 is 22.1 Å². The molecule has 0 aliphatic carbocycles. The van der Waals surface area contributed by atoms with Crippen molar-refractivity contribution in [1.82, 2.24) is 0 Å². The molecule has 0 aliphatic heterocycles. The normalized spacial score (nSPS) is 12.1. The van der Waals surface area contributed by atoms with Gasteiger partial charge in [-0.1, -0.05) is 12.1 Å². The standard InChI is InChI=1S/C18H17NO5S/c1-12-4-5-13(2)17(10-12)25(21,22)24-16-8-6-15(7-9-16)18(20)23-14(3)11-19/h4-10,14H,1-3H3/t14-/m0/s1. The fourth-order valence-electron chi connectivity index (χ4n) is 2.05. The first kappa shape index (κ1) is 18.5. The number of aryl methyl sites for hydroxylation is 2. The molecule has 0 fully saturated rings. The second-order valence-electron chi connectivity index (χ2n) is 5.51. The van der Waals surface area contributed by atoms with Gasteiger partial charge in [0.05, 0.1) is 5.56 Å². The third-order valence-electron chi connectivity index (χ3n) is 3.37. The van der Waals surface area contributed by atoms with Crippen molar-refractivity contribution in [2.45, 2.75) is 31.8 Å². The van der Waals surface area contributed by atoms with E-state index in [1.54, 1.807) is 32.0 Å². The molecule has 1 atom stereocenters. The van der Waals surface area contributed by atoms with E-state index in [0.717, 1.165) is 5.56 Å². The molecular formula is C18H17NO5S. The van der Waals surface area contributed by atoms with Gasteiger partial charge in [-0.3, -0.25) is 0 Å². The molecule has 0 radical (unpaired) electrons. The summed E-state index contributed by atoms with van der Waals surface area (Å²) in [6.45, 7) is 4.93. The number of nitriles is 1. The fourth-order valence-corrected chi connectivity index (χ4v) is 3.30. The molecule has 2 rings (SSSR count). The van der Waals surface area contributed by atoms with Crippen molar-refractivity contribution in [1.29, 1.82) is 5.26 Å². The van der Waals surface area contributed by atoms with Crippen LogP contribution in [-0.4, -0.2) is 20.5 Å². The zero-order chi connectivity index (χ0) is 18.6. The van der Waals surface area contributed by atoms with Crippen LogP contribution in [0.1, 0.15) is 28.4 Å². The van der Waals surface area contributed by atoms with E-state index >= 15 is 0 Å². The maximum atomic E-state index is 12.4. The first-order valence-corrected chi connectivity index (χ1v) is 8.86. The lowest BCUT2D eigenvalue weighted by Gasteiger charge is -2.11. The van der Waals surface area contributed by atoms with Gasteiger partial charge in [0.25, 0.3) is 0 Å². The van der Waals surface area contributed by atoms with Crippen molar-refractivity contribution >= 4 is 16.1 Å². The minimum absolute atomic E-state index is 0.0748. The van der Waals surface area contributed by atoms with Crippen LogP contribution in [-0.2, 0) is 14.9 Å². The van der Waals surface area contributed by atoms with Crippen LogP contribution < -0.4 is 4.18 Å². The predicted molar refractivity (Wildman–Crippen MR) is 90.7 cm³/mol. The summed E-state index contributed by atoms with van der Waals surface area (Å²) < 4.78 is 34.8. The van der Waals surface area contributed by atoms with Crippen LogP contribution in [0.5, 0.6) is 5.75 Å². The number of rotatable bonds is 5. The molecule has 2 aromatic rings. The summed E-state index contributed by atoms with van der Waals surface area (Å²) in [5.41, 5.74) is 1.58. The summed E-state index contributed by atoms with van der Waals surface area (Å²) in [5.74, 6) is -0.594. The molecule has 7 heteroatoms. The third kappa shape index (κ3) is 4.58. The monoisotopic (exact) mass is 359 g/mol. The van der Waals surface area contributed by atoms with Crippen LogP contribution in [0, 0.1) is 25.2 Å². The topological polar surface area (TPSA) is 93.5 Å². The Morgan fingerprint density at radius 2 is 1.76 bits per heavy atom. The average molecular weight is 359 g/mol. The van der Waals surface area contributed by atoms with Gasteiger partial charge in [0.1, 0.15) is 16.7 Å². The van der Waals surface area contributed by atoms with Crippen LogP contribution >= 0.6 is 0 Å². The maximum Gasteiger partial charge on any atom is 0.339 e. The lowest BCUT2D eigenvalue weighted by molar-refractivity contribution is 0.0435.